The molecule has 0 N–H and O–H groups in total. The molecule has 4 atom stereocenters. The van der Waals surface area contributed by atoms with Crippen LogP contribution in [0, 0.1) is 29.6 Å². The summed E-state index contributed by atoms with van der Waals surface area (Å²) in [5.41, 5.74) is 2.04. The topological polar surface area (TPSA) is 91.8 Å². The van der Waals surface area contributed by atoms with E-state index in [0.29, 0.717) is 19.3 Å². The molecule has 0 spiro atoms. The van der Waals surface area contributed by atoms with Gasteiger partial charge in [0.1, 0.15) is 24.6 Å². The second kappa shape index (κ2) is 16.5. The predicted molar refractivity (Wildman–Crippen MR) is 181 cm³/mol. The van der Waals surface area contributed by atoms with E-state index in [1.165, 1.54) is 0 Å². The van der Waals surface area contributed by atoms with Gasteiger partial charge in [-0.1, -0.05) is 73.8 Å². The number of hydrogen-bond acceptors (Lipinski definition) is 7. The van der Waals surface area contributed by atoms with E-state index in [0.717, 1.165) is 35.2 Å². The summed E-state index contributed by atoms with van der Waals surface area (Å²) in [5.74, 6) is -1.24. The fourth-order valence-corrected chi connectivity index (χ4v) is 5.54. The first-order chi connectivity index (χ1) is 20.8. The van der Waals surface area contributed by atoms with Crippen molar-refractivity contribution in [2.24, 2.45) is 22.7 Å². The molecule has 1 aliphatic carbocycles. The van der Waals surface area contributed by atoms with Crippen LogP contribution in [0.4, 0.5) is 4.79 Å². The van der Waals surface area contributed by atoms with Crippen molar-refractivity contribution in [2.45, 2.75) is 103 Å². The van der Waals surface area contributed by atoms with Crippen molar-refractivity contribution < 1.29 is 28.6 Å². The molecule has 0 aromatic carbocycles. The highest BCUT2D eigenvalue weighted by molar-refractivity contribution is 6.67. The number of pyridine rings is 1. The van der Waals surface area contributed by atoms with Gasteiger partial charge in [-0.2, -0.15) is 0 Å². The lowest BCUT2D eigenvalue weighted by molar-refractivity contribution is -0.169. The molecule has 1 aromatic rings. The number of carbonyl (C=O) groups excluding carboxylic acids is 3. The van der Waals surface area contributed by atoms with Crippen molar-refractivity contribution in [3.05, 3.63) is 60.5 Å². The second-order valence-corrected chi connectivity index (χ2v) is 15.5. The van der Waals surface area contributed by atoms with Gasteiger partial charge in [0.2, 0.25) is 3.79 Å². The van der Waals surface area contributed by atoms with Crippen LogP contribution in [0.2, 0.25) is 0 Å². The molecule has 0 saturated heterocycles. The number of esters is 1. The normalized spacial score (nSPS) is 18.6. The predicted octanol–water partition coefficient (Wildman–Crippen LogP) is 9.57. The lowest BCUT2D eigenvalue weighted by Gasteiger charge is -2.44. The van der Waals surface area contributed by atoms with E-state index in [4.69, 9.17) is 49.0 Å². The van der Waals surface area contributed by atoms with Gasteiger partial charge in [0.25, 0.3) is 0 Å². The highest BCUT2D eigenvalue weighted by Gasteiger charge is 2.51. The smallest absolute Gasteiger partial charge is 0.457 e. The van der Waals surface area contributed by atoms with Crippen molar-refractivity contribution in [1.82, 2.24) is 4.98 Å². The molecule has 0 fully saturated rings. The second-order valence-electron chi connectivity index (χ2n) is 13.0. The first-order valence-electron chi connectivity index (χ1n) is 15.4. The molecule has 4 unspecified atom stereocenters. The number of ketones is 1. The van der Waals surface area contributed by atoms with E-state index in [1.807, 2.05) is 58.2 Å². The monoisotopic (exact) mass is 683 g/mol. The van der Waals surface area contributed by atoms with E-state index in [9.17, 15) is 14.4 Å². The SMILES string of the molecule is C=CCCCCC(CC(=O)C(C)C(C)(C)C(C)(C)C(=O)OC1C(C)=C(c2ccc(C)cn2)CC1C=C)OC(=O)OCC(Cl)(Cl)Cl. The molecule has 2 rings (SSSR count). The number of ether oxygens (including phenoxy) is 3. The zero-order valence-corrected chi connectivity index (χ0v) is 29.9. The summed E-state index contributed by atoms with van der Waals surface area (Å²) in [4.78, 5) is 44.5. The largest absolute Gasteiger partial charge is 0.508 e. The molecule has 1 heterocycles. The third-order valence-electron chi connectivity index (χ3n) is 9.41. The van der Waals surface area contributed by atoms with E-state index >= 15 is 0 Å². The Morgan fingerprint density at radius 2 is 1.76 bits per heavy atom. The number of alkyl halides is 3. The lowest BCUT2D eigenvalue weighted by atomic mass is 9.60. The maximum atomic E-state index is 13.9. The number of nitrogens with zero attached hydrogens (tertiary/aromatic N) is 1. The molecule has 0 saturated carbocycles. The van der Waals surface area contributed by atoms with E-state index in [2.05, 4.69) is 18.1 Å². The van der Waals surface area contributed by atoms with E-state index < -0.39 is 51.5 Å². The van der Waals surface area contributed by atoms with Gasteiger partial charge in [-0.05, 0) is 88.0 Å². The van der Waals surface area contributed by atoms with Crippen molar-refractivity contribution in [3.63, 3.8) is 0 Å². The molecule has 0 bridgehead atoms. The van der Waals surface area contributed by atoms with Gasteiger partial charge in [0, 0.05) is 24.5 Å². The van der Waals surface area contributed by atoms with Gasteiger partial charge in [0.05, 0.1) is 11.1 Å². The number of aromatic nitrogens is 1. The molecule has 1 aliphatic rings. The number of carbonyl (C=O) groups is 3. The Morgan fingerprint density at radius 3 is 2.31 bits per heavy atom. The van der Waals surface area contributed by atoms with E-state index in [-0.39, 0.29) is 18.1 Å². The van der Waals surface area contributed by atoms with Gasteiger partial charge in [0.15, 0.2) is 0 Å². The summed E-state index contributed by atoms with van der Waals surface area (Å²) < 4.78 is 14.8. The van der Waals surface area contributed by atoms with Gasteiger partial charge in [-0.15, -0.1) is 13.2 Å². The number of halogens is 3. The maximum Gasteiger partial charge on any atom is 0.508 e. The van der Waals surface area contributed by atoms with Crippen LogP contribution in [0.15, 0.2) is 49.2 Å². The van der Waals surface area contributed by atoms with Crippen molar-refractivity contribution in [2.75, 3.05) is 6.61 Å². The van der Waals surface area contributed by atoms with Gasteiger partial charge >= 0.3 is 12.1 Å². The van der Waals surface area contributed by atoms with Crippen LogP contribution >= 0.6 is 34.8 Å². The van der Waals surface area contributed by atoms with Crippen LogP contribution in [-0.4, -0.2) is 45.5 Å². The van der Waals surface area contributed by atoms with Crippen molar-refractivity contribution in [1.29, 1.82) is 0 Å². The molecule has 250 valence electrons. The standard InChI is InChI=1S/C35H48Cl3NO6/c1-10-12-13-14-15-26(44-32(42)43-21-35(36,37)38)19-29(40)24(5)33(6,7)34(8,9)31(41)45-30-23(4)27(18-25(30)11-2)28-17-16-22(3)20-39-28/h10-11,16-17,20,24-26,30H,1-2,12-15,18-19,21H2,3-9H3. The molecule has 0 radical (unpaired) electrons. The molecule has 10 heteroatoms. The van der Waals surface area contributed by atoms with Crippen LogP contribution in [0.3, 0.4) is 0 Å². The number of Topliss-reactive ketones (excluding diaryl/α,β-unsaturated/α-hetero) is 1. The summed E-state index contributed by atoms with van der Waals surface area (Å²) in [6.45, 7) is 20.4. The molecule has 0 aliphatic heterocycles. The third kappa shape index (κ3) is 10.6. The average molecular weight is 685 g/mol. The average Bonchev–Trinajstić information content (AvgIpc) is 3.28. The van der Waals surface area contributed by atoms with E-state index in [1.54, 1.807) is 20.8 Å². The molecule has 0 amide bonds. The van der Waals surface area contributed by atoms with Gasteiger partial charge < -0.3 is 14.2 Å². The first kappa shape index (κ1) is 38.8. The van der Waals surface area contributed by atoms with Crippen LogP contribution < -0.4 is 0 Å². The highest BCUT2D eigenvalue weighted by Crippen LogP contribution is 2.48. The van der Waals surface area contributed by atoms with Gasteiger partial charge in [-0.3, -0.25) is 14.6 Å². The summed E-state index contributed by atoms with van der Waals surface area (Å²) in [6.07, 6.45) is 6.58. The Morgan fingerprint density at radius 1 is 1.09 bits per heavy atom. The first-order valence-corrected chi connectivity index (χ1v) is 16.5. The zero-order valence-electron chi connectivity index (χ0n) is 27.6. The summed E-state index contributed by atoms with van der Waals surface area (Å²) in [5, 5.41) is 0. The zero-order chi connectivity index (χ0) is 34.2. The number of aryl methyl sites for hydroxylation is 1. The van der Waals surface area contributed by atoms with Crippen LogP contribution in [0.1, 0.15) is 91.3 Å². The Labute approximate surface area is 283 Å². The number of allylic oxidation sites excluding steroid dienone is 2. The minimum Gasteiger partial charge on any atom is -0.457 e. The quantitative estimate of drug-likeness (QED) is 0.0741. The van der Waals surface area contributed by atoms with Crippen molar-refractivity contribution in [3.8, 4) is 0 Å². The Bertz CT molecular complexity index is 1250. The number of rotatable bonds is 16. The molecule has 7 nitrogen and oxygen atoms in total. The summed E-state index contributed by atoms with van der Waals surface area (Å²) >= 11 is 17.0. The van der Waals surface area contributed by atoms with Crippen LogP contribution in [0.5, 0.6) is 0 Å². The minimum atomic E-state index is -1.79. The minimum absolute atomic E-state index is 0.0530. The third-order valence-corrected chi connectivity index (χ3v) is 9.73. The number of unbranched alkanes of at least 4 members (excludes halogenated alkanes) is 2. The molecule has 1 aromatic heterocycles. The summed E-state index contributed by atoms with van der Waals surface area (Å²) in [7, 11) is 0. The Kier molecular flexibility index (Phi) is 14.2. The lowest BCUT2D eigenvalue weighted by Crippen LogP contribution is -2.48. The summed E-state index contributed by atoms with van der Waals surface area (Å²) in [6, 6.07) is 3.99. The Hall–Kier alpha value is -2.35. The Balaban J connectivity index is 2.19. The van der Waals surface area contributed by atoms with Crippen molar-refractivity contribution >= 4 is 58.3 Å². The molecular formula is C35H48Cl3NO6. The number of hydrogen-bond donors (Lipinski definition) is 0. The van der Waals surface area contributed by atoms with Gasteiger partial charge in [-0.25, -0.2) is 4.79 Å². The highest BCUT2D eigenvalue weighted by atomic mass is 35.6. The fourth-order valence-electron chi connectivity index (χ4n) is 5.38. The molecular weight excluding hydrogens is 637 g/mol. The molecule has 45 heavy (non-hydrogen) atoms. The maximum absolute atomic E-state index is 13.9. The van der Waals surface area contributed by atoms with Crippen LogP contribution in [-0.2, 0) is 23.8 Å². The van der Waals surface area contributed by atoms with Crippen LogP contribution in [0.25, 0.3) is 5.57 Å². The fraction of sp³-hybridized carbons (Fsp3) is 0.600.